The van der Waals surface area contributed by atoms with Crippen LogP contribution in [0.4, 0.5) is 0 Å². The summed E-state index contributed by atoms with van der Waals surface area (Å²) in [6.07, 6.45) is 0.635. The highest BCUT2D eigenvalue weighted by atomic mass is 16.6. The van der Waals surface area contributed by atoms with E-state index in [1.54, 1.807) is 6.92 Å². The Morgan fingerprint density at radius 2 is 2.08 bits per heavy atom. The van der Waals surface area contributed by atoms with E-state index in [0.29, 0.717) is 17.4 Å². The van der Waals surface area contributed by atoms with Crippen molar-refractivity contribution >= 4 is 24.0 Å². The number of rotatable bonds is 3. The van der Waals surface area contributed by atoms with Crippen molar-refractivity contribution in [3.05, 3.63) is 47.1 Å². The largest absolute Gasteiger partial charge is 0.458 e. The first-order valence-electron chi connectivity index (χ1n) is 7.93. The number of carbonyl (C=O) groups is 4. The third-order valence-electron chi connectivity index (χ3n) is 4.93. The van der Waals surface area contributed by atoms with Crippen LogP contribution < -0.4 is 0 Å². The lowest BCUT2D eigenvalue weighted by atomic mass is 9.82. The first-order valence-corrected chi connectivity index (χ1v) is 7.93. The molecule has 0 aromatic rings. The molecule has 2 aliphatic carbocycles. The Balaban J connectivity index is 2.09. The highest BCUT2D eigenvalue weighted by molar-refractivity contribution is 6.13. The Hall–Kier alpha value is -2.76. The molecule has 0 aromatic heterocycles. The summed E-state index contributed by atoms with van der Waals surface area (Å²) in [7, 11) is 0. The number of aldehydes is 1. The van der Waals surface area contributed by atoms with Crippen molar-refractivity contribution < 1.29 is 28.7 Å². The molecule has 3 rings (SSSR count). The van der Waals surface area contributed by atoms with Gasteiger partial charge < -0.3 is 9.47 Å². The van der Waals surface area contributed by atoms with E-state index in [-0.39, 0.29) is 28.9 Å². The summed E-state index contributed by atoms with van der Waals surface area (Å²) in [5.74, 6) is -2.73. The van der Waals surface area contributed by atoms with E-state index >= 15 is 0 Å². The van der Waals surface area contributed by atoms with Crippen LogP contribution in [-0.4, -0.2) is 36.2 Å². The van der Waals surface area contributed by atoms with E-state index < -0.39 is 36.0 Å². The SMILES string of the molecule is C=C(C)C(=O)O[C@H]1CC(C)=C2C(=O)C=C(C=O)[C@@H]2[C@H]2OC(=O)C(=C)[C@@H]21. The summed E-state index contributed by atoms with van der Waals surface area (Å²) < 4.78 is 11.0. The van der Waals surface area contributed by atoms with Crippen LogP contribution in [0.15, 0.2) is 47.1 Å². The molecule has 0 spiro atoms. The molecule has 0 aromatic carbocycles. The lowest BCUT2D eigenvalue weighted by Gasteiger charge is -2.27. The predicted molar refractivity (Wildman–Crippen MR) is 87.2 cm³/mol. The smallest absolute Gasteiger partial charge is 0.334 e. The summed E-state index contributed by atoms with van der Waals surface area (Å²) in [5.41, 5.74) is 1.83. The first kappa shape index (κ1) is 17.1. The van der Waals surface area contributed by atoms with Gasteiger partial charge in [-0.05, 0) is 19.9 Å². The van der Waals surface area contributed by atoms with E-state index in [2.05, 4.69) is 13.2 Å². The highest BCUT2D eigenvalue weighted by Crippen LogP contribution is 2.47. The van der Waals surface area contributed by atoms with E-state index in [9.17, 15) is 19.2 Å². The maximum atomic E-state index is 12.4. The van der Waals surface area contributed by atoms with Gasteiger partial charge in [-0.15, -0.1) is 0 Å². The molecule has 3 aliphatic rings. The molecule has 0 N–H and O–H groups in total. The van der Waals surface area contributed by atoms with Crippen LogP contribution in [0.2, 0.25) is 0 Å². The maximum Gasteiger partial charge on any atom is 0.334 e. The van der Waals surface area contributed by atoms with Gasteiger partial charge in [0.1, 0.15) is 18.5 Å². The summed E-state index contributed by atoms with van der Waals surface area (Å²) in [6.45, 7) is 10.6. The van der Waals surface area contributed by atoms with Gasteiger partial charge in [0, 0.05) is 28.7 Å². The molecule has 0 saturated carbocycles. The first-order chi connectivity index (χ1) is 11.8. The Labute approximate surface area is 144 Å². The summed E-state index contributed by atoms with van der Waals surface area (Å²) >= 11 is 0. The minimum Gasteiger partial charge on any atom is -0.458 e. The molecule has 25 heavy (non-hydrogen) atoms. The third kappa shape index (κ3) is 2.58. The van der Waals surface area contributed by atoms with E-state index in [1.165, 1.54) is 13.0 Å². The maximum absolute atomic E-state index is 12.4. The average molecular weight is 342 g/mol. The fourth-order valence-corrected chi connectivity index (χ4v) is 3.79. The van der Waals surface area contributed by atoms with Crippen LogP contribution in [0.5, 0.6) is 0 Å². The van der Waals surface area contributed by atoms with Gasteiger partial charge in [0.2, 0.25) is 0 Å². The molecule has 1 heterocycles. The minimum absolute atomic E-state index is 0.183. The number of ether oxygens (including phenoxy) is 2. The second-order valence-corrected chi connectivity index (χ2v) is 6.65. The third-order valence-corrected chi connectivity index (χ3v) is 4.93. The molecule has 4 atom stereocenters. The topological polar surface area (TPSA) is 86.7 Å². The van der Waals surface area contributed by atoms with Gasteiger partial charge in [-0.25, -0.2) is 9.59 Å². The zero-order chi connectivity index (χ0) is 18.5. The molecule has 0 unspecified atom stereocenters. The second kappa shape index (κ2) is 5.95. The van der Waals surface area contributed by atoms with E-state index in [4.69, 9.17) is 9.47 Å². The van der Waals surface area contributed by atoms with Crippen LogP contribution in [0.25, 0.3) is 0 Å². The zero-order valence-electron chi connectivity index (χ0n) is 14.0. The van der Waals surface area contributed by atoms with Crippen molar-refractivity contribution in [2.24, 2.45) is 11.8 Å². The Kier molecular flexibility index (Phi) is 4.06. The molecular weight excluding hydrogens is 324 g/mol. The van der Waals surface area contributed by atoms with Crippen molar-refractivity contribution in [2.45, 2.75) is 32.5 Å². The Morgan fingerprint density at radius 1 is 1.40 bits per heavy atom. The van der Waals surface area contributed by atoms with Crippen LogP contribution in [0.1, 0.15) is 20.3 Å². The minimum atomic E-state index is -0.793. The number of carbonyl (C=O) groups excluding carboxylic acids is 4. The molecule has 1 fully saturated rings. The Morgan fingerprint density at radius 3 is 2.68 bits per heavy atom. The summed E-state index contributed by atoms with van der Waals surface area (Å²) in [4.78, 5) is 47.9. The molecule has 6 heteroatoms. The number of hydrogen-bond acceptors (Lipinski definition) is 6. The molecule has 130 valence electrons. The number of allylic oxidation sites excluding steroid dienone is 1. The van der Waals surface area contributed by atoms with Crippen LogP contribution >= 0.6 is 0 Å². The van der Waals surface area contributed by atoms with Crippen molar-refractivity contribution in [3.63, 3.8) is 0 Å². The average Bonchev–Trinajstić information content (AvgIpc) is 2.99. The molecule has 6 nitrogen and oxygen atoms in total. The fourth-order valence-electron chi connectivity index (χ4n) is 3.79. The van der Waals surface area contributed by atoms with Crippen molar-refractivity contribution in [1.82, 2.24) is 0 Å². The van der Waals surface area contributed by atoms with Gasteiger partial charge in [-0.2, -0.15) is 0 Å². The molecule has 0 bridgehead atoms. The highest BCUT2D eigenvalue weighted by Gasteiger charge is 2.54. The second-order valence-electron chi connectivity index (χ2n) is 6.65. The van der Waals surface area contributed by atoms with Gasteiger partial charge in [0.05, 0.1) is 11.8 Å². The monoisotopic (exact) mass is 342 g/mol. The van der Waals surface area contributed by atoms with E-state index in [1.807, 2.05) is 0 Å². The fraction of sp³-hybridized carbons (Fsp3) is 0.368. The van der Waals surface area contributed by atoms with Gasteiger partial charge >= 0.3 is 11.9 Å². The van der Waals surface area contributed by atoms with Crippen molar-refractivity contribution in [2.75, 3.05) is 0 Å². The molecule has 0 amide bonds. The normalized spacial score (nSPS) is 31.0. The number of fused-ring (bicyclic) bond motifs is 3. The van der Waals surface area contributed by atoms with Gasteiger partial charge in [0.15, 0.2) is 5.78 Å². The molecule has 1 aliphatic heterocycles. The van der Waals surface area contributed by atoms with Gasteiger partial charge in [0.25, 0.3) is 0 Å². The van der Waals surface area contributed by atoms with Crippen LogP contribution in [0.3, 0.4) is 0 Å². The summed E-state index contributed by atoms with van der Waals surface area (Å²) in [6, 6.07) is 0. The zero-order valence-corrected chi connectivity index (χ0v) is 14.0. The quantitative estimate of drug-likeness (QED) is 0.440. The van der Waals surface area contributed by atoms with Gasteiger partial charge in [-0.1, -0.05) is 18.7 Å². The van der Waals surface area contributed by atoms with E-state index in [0.717, 1.165) is 0 Å². The standard InChI is InChI=1S/C19H18O6/c1-8(2)18(22)24-13-5-9(3)14-12(21)6-11(7-20)16(14)17-15(13)10(4)19(23)25-17/h6-7,13,15-17H,1,4-5H2,2-3H3/t13-,15+,16-,17-/m0/s1. The number of hydrogen-bond donors (Lipinski definition) is 0. The van der Waals surface area contributed by atoms with Crippen molar-refractivity contribution in [3.8, 4) is 0 Å². The predicted octanol–water partition coefficient (Wildman–Crippen LogP) is 1.62. The lowest BCUT2D eigenvalue weighted by Crippen LogP contribution is -2.36. The Bertz CT molecular complexity index is 797. The number of esters is 2. The molecule has 0 radical (unpaired) electrons. The van der Waals surface area contributed by atoms with Gasteiger partial charge in [-0.3, -0.25) is 9.59 Å². The lowest BCUT2D eigenvalue weighted by molar-refractivity contribution is -0.148. The van der Waals surface area contributed by atoms with Crippen LogP contribution in [-0.2, 0) is 28.7 Å². The van der Waals surface area contributed by atoms with Crippen molar-refractivity contribution in [1.29, 1.82) is 0 Å². The van der Waals surface area contributed by atoms with Crippen LogP contribution in [0, 0.1) is 11.8 Å². The summed E-state index contributed by atoms with van der Waals surface area (Å²) in [5, 5.41) is 0. The molecular formula is C19H18O6. The number of ketones is 1. The molecule has 1 saturated heterocycles.